The summed E-state index contributed by atoms with van der Waals surface area (Å²) in [7, 11) is 2.99. The third-order valence-electron chi connectivity index (χ3n) is 3.89. The molecule has 8 heteroatoms. The number of ether oxygens (including phenoxy) is 3. The summed E-state index contributed by atoms with van der Waals surface area (Å²) in [5.41, 5.74) is -0.439. The molecular weight excluding hydrogens is 348 g/mol. The number of carbonyl (C=O) groups is 2. The Morgan fingerprint density at radius 1 is 1.36 bits per heavy atom. The summed E-state index contributed by atoms with van der Waals surface area (Å²) in [5.74, 6) is 0.134. The van der Waals surface area contributed by atoms with Gasteiger partial charge in [0.2, 0.25) is 5.91 Å². The van der Waals surface area contributed by atoms with Gasteiger partial charge in [0.25, 0.3) is 5.91 Å². The number of nitrogens with one attached hydrogen (secondary N) is 1. The smallest absolute Gasteiger partial charge is 0.270 e. The maximum atomic E-state index is 12.7. The van der Waals surface area contributed by atoms with E-state index in [0.29, 0.717) is 16.5 Å². The average Bonchev–Trinajstić information content (AvgIpc) is 2.57. The Balaban J connectivity index is 2.06. The molecule has 0 atom stereocenters. The van der Waals surface area contributed by atoms with Crippen molar-refractivity contribution in [1.82, 2.24) is 5.32 Å². The van der Waals surface area contributed by atoms with Crippen molar-refractivity contribution in [2.75, 3.05) is 32.2 Å². The molecule has 0 saturated heterocycles. The zero-order valence-electron chi connectivity index (χ0n) is 14.8. The molecule has 0 aliphatic carbocycles. The maximum Gasteiger partial charge on any atom is 0.270 e. The van der Waals surface area contributed by atoms with E-state index in [1.165, 1.54) is 19.1 Å². The van der Waals surface area contributed by atoms with E-state index in [1.807, 2.05) is 0 Å². The minimum atomic E-state index is -1.01. The van der Waals surface area contributed by atoms with Crippen LogP contribution < -0.4 is 15.0 Å². The predicted molar refractivity (Wildman–Crippen MR) is 93.9 cm³/mol. The number of hydrogen-bond acceptors (Lipinski definition) is 5. The predicted octanol–water partition coefficient (Wildman–Crippen LogP) is 1.97. The normalized spacial score (nSPS) is 15.8. The quantitative estimate of drug-likeness (QED) is 0.742. The van der Waals surface area contributed by atoms with Gasteiger partial charge in [-0.15, -0.1) is 0 Å². The van der Waals surface area contributed by atoms with Crippen LogP contribution in [0.25, 0.3) is 0 Å². The molecule has 1 heterocycles. The van der Waals surface area contributed by atoms with Crippen LogP contribution in [0, 0.1) is 0 Å². The van der Waals surface area contributed by atoms with Crippen LogP contribution >= 0.6 is 11.6 Å². The van der Waals surface area contributed by atoms with E-state index >= 15 is 0 Å². The Labute approximate surface area is 152 Å². The third-order valence-corrected chi connectivity index (χ3v) is 4.13. The molecule has 1 aromatic rings. The summed E-state index contributed by atoms with van der Waals surface area (Å²) >= 11 is 6.04. The van der Waals surface area contributed by atoms with Crippen LogP contribution in [0.4, 0.5) is 5.69 Å². The molecule has 7 nitrogen and oxygen atoms in total. The van der Waals surface area contributed by atoms with Gasteiger partial charge < -0.3 is 24.4 Å². The van der Waals surface area contributed by atoms with E-state index < -0.39 is 11.9 Å². The first-order valence-electron chi connectivity index (χ1n) is 7.91. The van der Waals surface area contributed by atoms with E-state index in [0.717, 1.165) is 0 Å². The fraction of sp³-hybridized carbons (Fsp3) is 0.529. The van der Waals surface area contributed by atoms with Crippen molar-refractivity contribution in [1.29, 1.82) is 0 Å². The Kier molecular flexibility index (Phi) is 6.26. The summed E-state index contributed by atoms with van der Waals surface area (Å²) in [6, 6.07) is 5.08. The SMILES string of the molecule is COC(CNC(=O)CCN1C(=O)C(C)(C)Oc2ccc(Cl)cc21)OC. The van der Waals surface area contributed by atoms with Gasteiger partial charge in [0.15, 0.2) is 11.9 Å². The molecular formula is C17H23ClN2O5. The Bertz CT molecular complexity index is 646. The molecule has 2 rings (SSSR count). The number of halogens is 1. The molecule has 1 aliphatic heterocycles. The largest absolute Gasteiger partial charge is 0.476 e. The number of rotatable bonds is 7. The monoisotopic (exact) mass is 370 g/mol. The molecule has 0 aromatic heterocycles. The number of carbonyl (C=O) groups excluding carboxylic acids is 2. The van der Waals surface area contributed by atoms with Crippen LogP contribution in [0.15, 0.2) is 18.2 Å². The van der Waals surface area contributed by atoms with E-state index in [-0.39, 0.29) is 31.3 Å². The topological polar surface area (TPSA) is 77.1 Å². The summed E-state index contributed by atoms with van der Waals surface area (Å²) in [6.45, 7) is 3.84. The van der Waals surface area contributed by atoms with Crippen molar-refractivity contribution in [2.45, 2.75) is 32.2 Å². The first-order chi connectivity index (χ1) is 11.8. The minimum Gasteiger partial charge on any atom is -0.476 e. The Morgan fingerprint density at radius 3 is 2.68 bits per heavy atom. The molecule has 2 amide bonds. The van der Waals surface area contributed by atoms with Crippen molar-refractivity contribution >= 4 is 29.1 Å². The van der Waals surface area contributed by atoms with Crippen molar-refractivity contribution in [3.8, 4) is 5.75 Å². The lowest BCUT2D eigenvalue weighted by Gasteiger charge is -2.38. The van der Waals surface area contributed by atoms with Gasteiger partial charge in [-0.1, -0.05) is 11.6 Å². The van der Waals surface area contributed by atoms with Crippen molar-refractivity contribution < 1.29 is 23.8 Å². The fourth-order valence-corrected chi connectivity index (χ4v) is 2.69. The second kappa shape index (κ2) is 8.03. The number of benzene rings is 1. The molecule has 0 fully saturated rings. The zero-order valence-corrected chi connectivity index (χ0v) is 15.6. The third kappa shape index (κ3) is 4.62. The summed E-state index contributed by atoms with van der Waals surface area (Å²) in [6.07, 6.45) is -0.374. The number of nitrogens with zero attached hydrogens (tertiary/aromatic N) is 1. The standard InChI is InChI=1S/C17H23ClN2O5/c1-17(2)16(22)20(12-9-11(18)5-6-13(12)25-17)8-7-14(21)19-10-15(23-3)24-4/h5-6,9,15H,7-8,10H2,1-4H3,(H,19,21). The van der Waals surface area contributed by atoms with Gasteiger partial charge in [-0.3, -0.25) is 9.59 Å². The number of hydrogen-bond donors (Lipinski definition) is 1. The van der Waals surface area contributed by atoms with Gasteiger partial charge in [-0.25, -0.2) is 0 Å². The summed E-state index contributed by atoms with van der Waals surface area (Å²) in [4.78, 5) is 26.3. The Hall–Kier alpha value is -1.83. The van der Waals surface area contributed by atoms with Gasteiger partial charge in [-0.05, 0) is 32.0 Å². The molecule has 0 saturated carbocycles. The number of fused-ring (bicyclic) bond motifs is 1. The number of amides is 2. The molecule has 0 unspecified atom stereocenters. The van der Waals surface area contributed by atoms with Crippen LogP contribution in [0.2, 0.25) is 5.02 Å². The van der Waals surface area contributed by atoms with Gasteiger partial charge in [0.05, 0.1) is 12.2 Å². The molecule has 1 N–H and O–H groups in total. The molecule has 0 bridgehead atoms. The van der Waals surface area contributed by atoms with Gasteiger partial charge in [-0.2, -0.15) is 0 Å². The minimum absolute atomic E-state index is 0.133. The highest BCUT2D eigenvalue weighted by Gasteiger charge is 2.40. The highest BCUT2D eigenvalue weighted by Crippen LogP contribution is 2.39. The van der Waals surface area contributed by atoms with E-state index in [4.69, 9.17) is 25.8 Å². The zero-order chi connectivity index (χ0) is 18.6. The lowest BCUT2D eigenvalue weighted by atomic mass is 10.0. The fourth-order valence-electron chi connectivity index (χ4n) is 2.52. The van der Waals surface area contributed by atoms with Crippen LogP contribution in [-0.2, 0) is 19.1 Å². The number of methoxy groups -OCH3 is 2. The second-order valence-electron chi connectivity index (χ2n) is 6.14. The maximum absolute atomic E-state index is 12.7. The first kappa shape index (κ1) is 19.5. The first-order valence-corrected chi connectivity index (χ1v) is 8.29. The van der Waals surface area contributed by atoms with Gasteiger partial charge >= 0.3 is 0 Å². The van der Waals surface area contributed by atoms with E-state index in [1.54, 1.807) is 32.0 Å². The number of anilines is 1. The van der Waals surface area contributed by atoms with Gasteiger partial charge in [0, 0.05) is 32.2 Å². The van der Waals surface area contributed by atoms with Crippen LogP contribution in [-0.4, -0.2) is 51.0 Å². The van der Waals surface area contributed by atoms with Gasteiger partial charge in [0.1, 0.15) is 5.75 Å². The lowest BCUT2D eigenvalue weighted by Crippen LogP contribution is -2.53. The summed E-state index contributed by atoms with van der Waals surface area (Å²) in [5, 5.41) is 3.20. The van der Waals surface area contributed by atoms with E-state index in [9.17, 15) is 9.59 Å². The molecule has 25 heavy (non-hydrogen) atoms. The van der Waals surface area contributed by atoms with Crippen LogP contribution in [0.5, 0.6) is 5.75 Å². The average molecular weight is 371 g/mol. The van der Waals surface area contributed by atoms with Crippen molar-refractivity contribution in [2.24, 2.45) is 0 Å². The highest BCUT2D eigenvalue weighted by molar-refractivity contribution is 6.31. The summed E-state index contributed by atoms with van der Waals surface area (Å²) < 4.78 is 15.8. The van der Waals surface area contributed by atoms with Crippen molar-refractivity contribution in [3.63, 3.8) is 0 Å². The molecule has 0 spiro atoms. The lowest BCUT2D eigenvalue weighted by molar-refractivity contribution is -0.133. The highest BCUT2D eigenvalue weighted by atomic mass is 35.5. The van der Waals surface area contributed by atoms with Crippen LogP contribution in [0.3, 0.4) is 0 Å². The van der Waals surface area contributed by atoms with E-state index in [2.05, 4.69) is 5.32 Å². The Morgan fingerprint density at radius 2 is 2.04 bits per heavy atom. The van der Waals surface area contributed by atoms with Crippen LogP contribution in [0.1, 0.15) is 20.3 Å². The molecule has 1 aliphatic rings. The molecule has 138 valence electrons. The second-order valence-corrected chi connectivity index (χ2v) is 6.57. The molecule has 0 radical (unpaired) electrons. The molecule has 1 aromatic carbocycles. The van der Waals surface area contributed by atoms with Crippen molar-refractivity contribution in [3.05, 3.63) is 23.2 Å².